The Hall–Kier alpha value is -3.40. The molecule has 2 fully saturated rings. The van der Waals surface area contributed by atoms with E-state index in [-0.39, 0.29) is 0 Å². The number of aromatic nitrogens is 3. The van der Waals surface area contributed by atoms with Crippen LogP contribution in [0.1, 0.15) is 36.6 Å². The standard InChI is InChI=1S/C22H21N5O2/c23-9-18-10-25-21(17-1-2-17)26-22(18)28-13-15-7-8-27(12-15)19-5-3-16(4-6-19)20-11-24-14-29-20/h3-6,10-11,14-15,17H,1-2,7-8,12-13H2/t15-/m0/s1. The summed E-state index contributed by atoms with van der Waals surface area (Å²) in [6.45, 7) is 2.46. The molecule has 1 saturated heterocycles. The van der Waals surface area contributed by atoms with E-state index in [0.717, 1.165) is 49.5 Å². The Morgan fingerprint density at radius 2 is 2.03 bits per heavy atom. The third kappa shape index (κ3) is 3.79. The van der Waals surface area contributed by atoms with Gasteiger partial charge in [0.2, 0.25) is 5.88 Å². The van der Waals surface area contributed by atoms with Gasteiger partial charge >= 0.3 is 0 Å². The molecule has 1 aliphatic heterocycles. The maximum absolute atomic E-state index is 9.31. The first-order valence-corrected chi connectivity index (χ1v) is 9.94. The molecule has 1 atom stereocenters. The van der Waals surface area contributed by atoms with E-state index in [9.17, 15) is 5.26 Å². The van der Waals surface area contributed by atoms with Gasteiger partial charge in [0.05, 0.1) is 19.0 Å². The lowest BCUT2D eigenvalue weighted by molar-refractivity contribution is 0.250. The molecule has 29 heavy (non-hydrogen) atoms. The van der Waals surface area contributed by atoms with Gasteiger partial charge < -0.3 is 14.1 Å². The summed E-state index contributed by atoms with van der Waals surface area (Å²) in [5.74, 6) is 2.84. The predicted molar refractivity (Wildman–Crippen MR) is 106 cm³/mol. The molecule has 0 amide bonds. The van der Waals surface area contributed by atoms with Crippen LogP contribution in [0.5, 0.6) is 5.88 Å². The number of hydrogen-bond donors (Lipinski definition) is 0. The van der Waals surface area contributed by atoms with Crippen molar-refractivity contribution in [2.75, 3.05) is 24.6 Å². The van der Waals surface area contributed by atoms with Gasteiger partial charge in [0, 0.05) is 36.2 Å². The quantitative estimate of drug-likeness (QED) is 0.636. The van der Waals surface area contributed by atoms with Crippen molar-refractivity contribution in [3.8, 4) is 23.3 Å². The van der Waals surface area contributed by atoms with E-state index in [1.54, 1.807) is 12.4 Å². The second-order valence-electron chi connectivity index (χ2n) is 7.66. The number of rotatable bonds is 6. The molecule has 1 saturated carbocycles. The molecule has 2 aliphatic rings. The Bertz CT molecular complexity index is 1020. The minimum absolute atomic E-state index is 0.398. The Morgan fingerprint density at radius 3 is 2.76 bits per heavy atom. The number of oxazole rings is 1. The van der Waals surface area contributed by atoms with Crippen molar-refractivity contribution >= 4 is 5.69 Å². The van der Waals surface area contributed by atoms with Gasteiger partial charge in [-0.25, -0.2) is 9.97 Å². The van der Waals surface area contributed by atoms with Gasteiger partial charge in [-0.2, -0.15) is 10.2 Å². The summed E-state index contributed by atoms with van der Waals surface area (Å²) in [5, 5.41) is 9.31. The molecule has 3 heterocycles. The number of nitrogens with zero attached hydrogens (tertiary/aromatic N) is 5. The molecule has 2 aromatic heterocycles. The van der Waals surface area contributed by atoms with Crippen molar-refractivity contribution in [2.24, 2.45) is 5.92 Å². The molecule has 5 rings (SSSR count). The molecule has 0 bridgehead atoms. The van der Waals surface area contributed by atoms with Gasteiger partial charge in [0.1, 0.15) is 17.5 Å². The SMILES string of the molecule is N#Cc1cnc(C2CC2)nc1OC[C@H]1CCN(c2ccc(-c3cnco3)cc2)C1. The van der Waals surface area contributed by atoms with E-state index in [0.29, 0.717) is 29.9 Å². The zero-order chi connectivity index (χ0) is 19.6. The second kappa shape index (κ2) is 7.55. The van der Waals surface area contributed by atoms with E-state index in [2.05, 4.69) is 50.2 Å². The lowest BCUT2D eigenvalue weighted by Crippen LogP contribution is -2.22. The molecule has 146 valence electrons. The fourth-order valence-electron chi connectivity index (χ4n) is 3.70. The Kier molecular flexibility index (Phi) is 4.60. The van der Waals surface area contributed by atoms with E-state index >= 15 is 0 Å². The molecular weight excluding hydrogens is 366 g/mol. The average Bonchev–Trinajstić information content (AvgIpc) is 3.26. The van der Waals surface area contributed by atoms with E-state index in [1.807, 2.05) is 0 Å². The average molecular weight is 387 g/mol. The lowest BCUT2D eigenvalue weighted by atomic mass is 10.1. The van der Waals surface area contributed by atoms with Crippen LogP contribution in [0.25, 0.3) is 11.3 Å². The van der Waals surface area contributed by atoms with E-state index in [4.69, 9.17) is 9.15 Å². The third-order valence-electron chi connectivity index (χ3n) is 5.53. The van der Waals surface area contributed by atoms with E-state index < -0.39 is 0 Å². The molecule has 7 heteroatoms. The first-order valence-electron chi connectivity index (χ1n) is 9.94. The molecule has 1 aromatic carbocycles. The van der Waals surface area contributed by atoms with Gasteiger partial charge in [-0.15, -0.1) is 0 Å². The first-order chi connectivity index (χ1) is 14.3. The number of nitriles is 1. The topological polar surface area (TPSA) is 88.1 Å². The number of ether oxygens (including phenoxy) is 1. The maximum Gasteiger partial charge on any atom is 0.235 e. The van der Waals surface area contributed by atoms with Crippen molar-refractivity contribution < 1.29 is 9.15 Å². The summed E-state index contributed by atoms with van der Waals surface area (Å²) in [6, 6.07) is 10.5. The summed E-state index contributed by atoms with van der Waals surface area (Å²) >= 11 is 0. The summed E-state index contributed by atoms with van der Waals surface area (Å²) in [7, 11) is 0. The van der Waals surface area contributed by atoms with Gasteiger partial charge in [-0.3, -0.25) is 0 Å². The van der Waals surface area contributed by atoms with Crippen molar-refractivity contribution in [3.05, 3.63) is 54.4 Å². The van der Waals surface area contributed by atoms with Crippen molar-refractivity contribution in [1.29, 1.82) is 5.26 Å². The van der Waals surface area contributed by atoms with Crippen LogP contribution >= 0.6 is 0 Å². The van der Waals surface area contributed by atoms with Crippen LogP contribution in [-0.4, -0.2) is 34.6 Å². The van der Waals surface area contributed by atoms with Crippen LogP contribution in [-0.2, 0) is 0 Å². The zero-order valence-corrected chi connectivity index (χ0v) is 16.0. The molecule has 0 unspecified atom stereocenters. The fourth-order valence-corrected chi connectivity index (χ4v) is 3.70. The van der Waals surface area contributed by atoms with E-state index in [1.165, 1.54) is 12.1 Å². The highest BCUT2D eigenvalue weighted by atomic mass is 16.5. The summed E-state index contributed by atoms with van der Waals surface area (Å²) < 4.78 is 11.3. The van der Waals surface area contributed by atoms with Gasteiger partial charge in [-0.1, -0.05) is 0 Å². The molecule has 0 N–H and O–H groups in total. The number of hydrogen-bond acceptors (Lipinski definition) is 7. The Morgan fingerprint density at radius 1 is 1.17 bits per heavy atom. The molecule has 0 radical (unpaired) electrons. The van der Waals surface area contributed by atoms with Crippen LogP contribution in [0.2, 0.25) is 0 Å². The number of benzene rings is 1. The smallest absolute Gasteiger partial charge is 0.235 e. The lowest BCUT2D eigenvalue weighted by Gasteiger charge is -2.19. The van der Waals surface area contributed by atoms with Crippen LogP contribution in [0, 0.1) is 17.2 Å². The summed E-state index contributed by atoms with van der Waals surface area (Å²) in [4.78, 5) is 15.1. The molecule has 3 aromatic rings. The van der Waals surface area contributed by atoms with Gasteiger partial charge in [0.25, 0.3) is 0 Å². The highest BCUT2D eigenvalue weighted by Gasteiger charge is 2.28. The normalized spacial score (nSPS) is 18.6. The zero-order valence-electron chi connectivity index (χ0n) is 16.0. The Labute approximate surface area is 169 Å². The molecular formula is C22H21N5O2. The predicted octanol–water partition coefficient (Wildman–Crippen LogP) is 3.79. The first kappa shape index (κ1) is 17.7. The monoisotopic (exact) mass is 387 g/mol. The van der Waals surface area contributed by atoms with Crippen molar-refractivity contribution in [2.45, 2.75) is 25.2 Å². The summed E-state index contributed by atoms with van der Waals surface area (Å²) in [6.07, 6.45) is 8.04. The fraction of sp³-hybridized carbons (Fsp3) is 0.364. The maximum atomic E-state index is 9.31. The van der Waals surface area contributed by atoms with Gasteiger partial charge in [-0.05, 0) is 43.5 Å². The largest absolute Gasteiger partial charge is 0.476 e. The van der Waals surface area contributed by atoms with Gasteiger partial charge in [0.15, 0.2) is 12.2 Å². The molecule has 7 nitrogen and oxygen atoms in total. The minimum atomic E-state index is 0.398. The Balaban J connectivity index is 1.21. The highest BCUT2D eigenvalue weighted by molar-refractivity contribution is 5.61. The van der Waals surface area contributed by atoms with Crippen LogP contribution in [0.15, 0.2) is 47.5 Å². The highest BCUT2D eigenvalue weighted by Crippen LogP contribution is 2.38. The number of anilines is 1. The van der Waals surface area contributed by atoms with Crippen molar-refractivity contribution in [1.82, 2.24) is 15.0 Å². The second-order valence-corrected chi connectivity index (χ2v) is 7.66. The van der Waals surface area contributed by atoms with Crippen LogP contribution < -0.4 is 9.64 Å². The third-order valence-corrected chi connectivity index (χ3v) is 5.53. The molecule has 0 spiro atoms. The minimum Gasteiger partial charge on any atom is -0.476 e. The summed E-state index contributed by atoms with van der Waals surface area (Å²) in [5.41, 5.74) is 2.61. The van der Waals surface area contributed by atoms with Crippen LogP contribution in [0.4, 0.5) is 5.69 Å². The molecule has 1 aliphatic carbocycles. The van der Waals surface area contributed by atoms with Crippen molar-refractivity contribution in [3.63, 3.8) is 0 Å². The van der Waals surface area contributed by atoms with Crippen LogP contribution in [0.3, 0.4) is 0 Å².